The lowest BCUT2D eigenvalue weighted by Gasteiger charge is -2.10. The average molecular weight is 256 g/mol. The molecule has 0 spiro atoms. The van der Waals surface area contributed by atoms with Gasteiger partial charge in [0.05, 0.1) is 19.3 Å². The van der Waals surface area contributed by atoms with Gasteiger partial charge in [-0.1, -0.05) is 0 Å². The molecule has 0 bridgehead atoms. The molecule has 0 saturated carbocycles. The number of halogens is 2. The lowest BCUT2D eigenvalue weighted by atomic mass is 10.1. The Bertz CT molecular complexity index is 498. The Labute approximate surface area is 102 Å². The van der Waals surface area contributed by atoms with Gasteiger partial charge in [0, 0.05) is 6.07 Å². The molecule has 0 unspecified atom stereocenters. The second-order valence-corrected chi connectivity index (χ2v) is 3.11. The average Bonchev–Trinajstić information content (AvgIpc) is 2.37. The first kappa shape index (κ1) is 13.8. The molecule has 0 radical (unpaired) electrons. The molecule has 0 aliphatic carbocycles. The zero-order valence-electron chi connectivity index (χ0n) is 9.74. The number of aromatic nitrogens is 1. The minimum atomic E-state index is -2.96. The molecule has 0 aliphatic heterocycles. The van der Waals surface area contributed by atoms with Crippen molar-refractivity contribution in [2.75, 3.05) is 13.7 Å². The van der Waals surface area contributed by atoms with E-state index in [1.807, 2.05) is 0 Å². The highest BCUT2D eigenvalue weighted by Gasteiger charge is 2.23. The van der Waals surface area contributed by atoms with E-state index in [1.165, 1.54) is 7.11 Å². The third kappa shape index (κ3) is 2.71. The van der Waals surface area contributed by atoms with E-state index >= 15 is 0 Å². The van der Waals surface area contributed by atoms with Crippen LogP contribution in [0.1, 0.15) is 35.1 Å². The summed E-state index contributed by atoms with van der Waals surface area (Å²) >= 11 is 0. The highest BCUT2D eigenvalue weighted by atomic mass is 19.3. The fourth-order valence-corrected chi connectivity index (χ4v) is 1.27. The molecule has 96 valence electrons. The van der Waals surface area contributed by atoms with Gasteiger partial charge in [-0.3, -0.25) is 0 Å². The van der Waals surface area contributed by atoms with Crippen molar-refractivity contribution in [2.24, 2.45) is 0 Å². The fourth-order valence-electron chi connectivity index (χ4n) is 1.27. The lowest BCUT2D eigenvalue weighted by Crippen LogP contribution is -2.12. The molecule has 0 amide bonds. The van der Waals surface area contributed by atoms with E-state index in [0.717, 1.165) is 6.07 Å². The van der Waals surface area contributed by atoms with E-state index in [4.69, 9.17) is 10.00 Å². The number of nitriles is 1. The van der Waals surface area contributed by atoms with E-state index in [2.05, 4.69) is 9.72 Å². The highest BCUT2D eigenvalue weighted by Crippen LogP contribution is 2.27. The van der Waals surface area contributed by atoms with Gasteiger partial charge in [-0.15, -0.1) is 0 Å². The standard InChI is InChI=1S/C11H10F2N2O3/c1-3-18-11(16)9-7(17-2)4-6(5-14)8(15-9)10(12)13/h4,10H,3H2,1-2H3. The molecule has 0 N–H and O–H groups in total. The van der Waals surface area contributed by atoms with Gasteiger partial charge >= 0.3 is 5.97 Å². The van der Waals surface area contributed by atoms with Gasteiger partial charge in [-0.25, -0.2) is 18.6 Å². The Balaban J connectivity index is 3.37. The van der Waals surface area contributed by atoms with Crippen LogP contribution in [0, 0.1) is 11.3 Å². The summed E-state index contributed by atoms with van der Waals surface area (Å²) in [5.74, 6) is -0.949. The number of carbonyl (C=O) groups is 1. The van der Waals surface area contributed by atoms with Gasteiger partial charge in [0.15, 0.2) is 11.4 Å². The summed E-state index contributed by atoms with van der Waals surface area (Å²) in [6.45, 7) is 1.65. The Morgan fingerprint density at radius 2 is 2.28 bits per heavy atom. The van der Waals surface area contributed by atoms with E-state index in [0.29, 0.717) is 0 Å². The summed E-state index contributed by atoms with van der Waals surface area (Å²) < 4.78 is 34.8. The van der Waals surface area contributed by atoms with E-state index < -0.39 is 18.1 Å². The number of esters is 1. The number of carbonyl (C=O) groups excluding carboxylic acids is 1. The first-order valence-corrected chi connectivity index (χ1v) is 4.99. The Kier molecular flexibility index (Phi) is 4.54. The summed E-state index contributed by atoms with van der Waals surface area (Å²) in [5.41, 5.74) is -1.47. The molecule has 0 aliphatic rings. The monoisotopic (exact) mass is 256 g/mol. The second kappa shape index (κ2) is 5.91. The fraction of sp³-hybridized carbons (Fsp3) is 0.364. The van der Waals surface area contributed by atoms with Crippen LogP contribution in [0.4, 0.5) is 8.78 Å². The zero-order chi connectivity index (χ0) is 13.7. The van der Waals surface area contributed by atoms with E-state index in [9.17, 15) is 13.6 Å². The van der Waals surface area contributed by atoms with Crippen LogP contribution in [0.3, 0.4) is 0 Å². The topological polar surface area (TPSA) is 72.2 Å². The molecule has 5 nitrogen and oxygen atoms in total. The molecular formula is C11H10F2N2O3. The number of methoxy groups -OCH3 is 1. The number of rotatable bonds is 4. The van der Waals surface area contributed by atoms with Crippen molar-refractivity contribution in [3.63, 3.8) is 0 Å². The number of hydrogen-bond donors (Lipinski definition) is 0. The Morgan fingerprint density at radius 1 is 1.61 bits per heavy atom. The molecule has 1 heterocycles. The third-order valence-corrected chi connectivity index (χ3v) is 2.03. The predicted molar refractivity (Wildman–Crippen MR) is 56.4 cm³/mol. The molecule has 0 atom stereocenters. The maximum Gasteiger partial charge on any atom is 0.360 e. The van der Waals surface area contributed by atoms with Crippen molar-refractivity contribution in [1.82, 2.24) is 4.98 Å². The number of hydrogen-bond acceptors (Lipinski definition) is 5. The van der Waals surface area contributed by atoms with Crippen LogP contribution in [-0.2, 0) is 4.74 Å². The van der Waals surface area contributed by atoms with Gasteiger partial charge < -0.3 is 9.47 Å². The minimum absolute atomic E-state index is 0.0746. The van der Waals surface area contributed by atoms with Crippen LogP contribution in [0.15, 0.2) is 6.07 Å². The first-order chi connectivity index (χ1) is 8.54. The molecule has 1 aromatic rings. The second-order valence-electron chi connectivity index (χ2n) is 3.11. The number of pyridine rings is 1. The molecule has 18 heavy (non-hydrogen) atoms. The quantitative estimate of drug-likeness (QED) is 0.771. The third-order valence-electron chi connectivity index (χ3n) is 2.03. The van der Waals surface area contributed by atoms with Crippen molar-refractivity contribution >= 4 is 5.97 Å². The Morgan fingerprint density at radius 3 is 2.72 bits per heavy atom. The summed E-state index contributed by atoms with van der Waals surface area (Å²) in [6.07, 6.45) is -2.96. The molecule has 0 fully saturated rings. The van der Waals surface area contributed by atoms with Crippen LogP contribution in [-0.4, -0.2) is 24.7 Å². The van der Waals surface area contributed by atoms with E-state index in [1.54, 1.807) is 13.0 Å². The number of ether oxygens (including phenoxy) is 2. The maximum atomic E-state index is 12.7. The SMILES string of the molecule is CCOC(=O)c1nc(C(F)F)c(C#N)cc1OC. The molecule has 1 aromatic heterocycles. The van der Waals surface area contributed by atoms with Gasteiger partial charge in [0.1, 0.15) is 11.8 Å². The Hall–Kier alpha value is -2.23. The smallest absolute Gasteiger partial charge is 0.360 e. The molecular weight excluding hydrogens is 246 g/mol. The van der Waals surface area contributed by atoms with Gasteiger partial charge in [0.25, 0.3) is 6.43 Å². The molecule has 0 aromatic carbocycles. The van der Waals surface area contributed by atoms with Crippen LogP contribution in [0.5, 0.6) is 5.75 Å². The lowest BCUT2D eigenvalue weighted by molar-refractivity contribution is 0.0513. The van der Waals surface area contributed by atoms with Crippen molar-refractivity contribution in [3.05, 3.63) is 23.0 Å². The van der Waals surface area contributed by atoms with Gasteiger partial charge in [-0.05, 0) is 6.92 Å². The van der Waals surface area contributed by atoms with Crippen LogP contribution < -0.4 is 4.74 Å². The maximum absolute atomic E-state index is 12.7. The van der Waals surface area contributed by atoms with E-state index in [-0.39, 0.29) is 23.6 Å². The van der Waals surface area contributed by atoms with Crippen LogP contribution >= 0.6 is 0 Å². The summed E-state index contributed by atoms with van der Waals surface area (Å²) in [7, 11) is 1.24. The summed E-state index contributed by atoms with van der Waals surface area (Å²) in [4.78, 5) is 15.0. The van der Waals surface area contributed by atoms with Crippen molar-refractivity contribution in [3.8, 4) is 11.8 Å². The molecule has 1 rings (SSSR count). The van der Waals surface area contributed by atoms with Crippen molar-refractivity contribution in [2.45, 2.75) is 13.3 Å². The van der Waals surface area contributed by atoms with Crippen molar-refractivity contribution in [1.29, 1.82) is 5.26 Å². The minimum Gasteiger partial charge on any atom is -0.494 e. The summed E-state index contributed by atoms with van der Waals surface area (Å²) in [6, 6.07) is 2.62. The first-order valence-electron chi connectivity index (χ1n) is 4.99. The van der Waals surface area contributed by atoms with Crippen LogP contribution in [0.25, 0.3) is 0 Å². The highest BCUT2D eigenvalue weighted by molar-refractivity contribution is 5.90. The molecule has 0 saturated heterocycles. The normalized spacial score (nSPS) is 10.0. The largest absolute Gasteiger partial charge is 0.494 e. The molecule has 7 heteroatoms. The van der Waals surface area contributed by atoms with Crippen LogP contribution in [0.2, 0.25) is 0 Å². The zero-order valence-corrected chi connectivity index (χ0v) is 9.74. The summed E-state index contributed by atoms with van der Waals surface area (Å²) in [5, 5.41) is 8.73. The van der Waals surface area contributed by atoms with Crippen molar-refractivity contribution < 1.29 is 23.0 Å². The van der Waals surface area contributed by atoms with Gasteiger partial charge in [0.2, 0.25) is 0 Å². The predicted octanol–water partition coefficient (Wildman–Crippen LogP) is 2.08. The van der Waals surface area contributed by atoms with Gasteiger partial charge in [-0.2, -0.15) is 5.26 Å². The number of nitrogens with zero attached hydrogens (tertiary/aromatic N) is 2. The number of alkyl halides is 2.